The highest BCUT2D eigenvalue weighted by atomic mass is 14.6. The van der Waals surface area contributed by atoms with E-state index in [4.69, 9.17) is 5.73 Å². The molecule has 1 rings (SSSR count). The molecule has 0 heterocycles. The molecule has 1 unspecified atom stereocenters. The van der Waals surface area contributed by atoms with Gasteiger partial charge in [-0.1, -0.05) is 71.1 Å². The number of hydrogen-bond donors (Lipinski definition) is 0. The van der Waals surface area contributed by atoms with Crippen molar-refractivity contribution in [1.29, 1.82) is 0 Å². The van der Waals surface area contributed by atoms with Crippen LogP contribution in [0.1, 0.15) is 90.4 Å². The molecule has 1 fully saturated rings. The lowest BCUT2D eigenvalue weighted by molar-refractivity contribution is 0.284. The number of nitrogens with one attached hydrogen (secondary N) is 1. The van der Waals surface area contributed by atoms with Crippen molar-refractivity contribution in [3.05, 3.63) is 0 Å². The molecule has 0 aromatic rings. The minimum absolute atomic E-state index is 0.256. The van der Waals surface area contributed by atoms with E-state index in [2.05, 4.69) is 6.92 Å². The van der Waals surface area contributed by atoms with Crippen molar-refractivity contribution in [2.75, 3.05) is 0 Å². The zero-order valence-corrected chi connectivity index (χ0v) is 11.8. The Balaban J connectivity index is 1.90. The molecule has 1 aliphatic rings. The first kappa shape index (κ1) is 15.0. The molecule has 0 aliphatic heterocycles. The first-order chi connectivity index (χ1) is 8.34. The van der Waals surface area contributed by atoms with Crippen LogP contribution in [-0.2, 0) is 0 Å². The van der Waals surface area contributed by atoms with Crippen LogP contribution in [-0.4, -0.2) is 6.04 Å². The molecule has 0 amide bonds. The molecular formula is C16H32N. The highest BCUT2D eigenvalue weighted by molar-refractivity contribution is 4.75. The summed E-state index contributed by atoms with van der Waals surface area (Å²) in [4.78, 5) is 0. The third-order valence-electron chi connectivity index (χ3n) is 4.34. The zero-order valence-electron chi connectivity index (χ0n) is 11.8. The smallest absolute Gasteiger partial charge is 0.0241 e. The predicted octanol–water partition coefficient (Wildman–Crippen LogP) is 5.36. The summed E-state index contributed by atoms with van der Waals surface area (Å²) in [6.07, 6.45) is 17.7. The number of hydrogen-bond acceptors (Lipinski definition) is 0. The highest BCUT2D eigenvalue weighted by Crippen LogP contribution is 2.28. The average molecular weight is 238 g/mol. The molecule has 0 aromatic carbocycles. The molecule has 1 nitrogen and oxygen atoms in total. The van der Waals surface area contributed by atoms with Gasteiger partial charge in [-0.3, -0.25) is 5.73 Å². The van der Waals surface area contributed by atoms with Crippen LogP contribution in [0.15, 0.2) is 0 Å². The average Bonchev–Trinajstić information content (AvgIpc) is 2.38. The summed E-state index contributed by atoms with van der Waals surface area (Å²) in [6.45, 7) is 2.27. The normalized spacial score (nSPS) is 19.4. The summed E-state index contributed by atoms with van der Waals surface area (Å²) < 4.78 is 0. The van der Waals surface area contributed by atoms with Crippen LogP contribution < -0.4 is 5.73 Å². The lowest BCUT2D eigenvalue weighted by atomic mass is 9.82. The van der Waals surface area contributed by atoms with Gasteiger partial charge in [0.05, 0.1) is 0 Å². The summed E-state index contributed by atoms with van der Waals surface area (Å²) in [5.74, 6) is 0.740. The molecule has 1 aliphatic carbocycles. The van der Waals surface area contributed by atoms with Crippen molar-refractivity contribution in [1.82, 2.24) is 5.73 Å². The van der Waals surface area contributed by atoms with Crippen LogP contribution in [0, 0.1) is 5.92 Å². The van der Waals surface area contributed by atoms with Crippen molar-refractivity contribution in [3.63, 3.8) is 0 Å². The summed E-state index contributed by atoms with van der Waals surface area (Å²) in [5.41, 5.74) is 8.21. The van der Waals surface area contributed by atoms with Gasteiger partial charge in [0.15, 0.2) is 0 Å². The topological polar surface area (TPSA) is 23.8 Å². The van der Waals surface area contributed by atoms with E-state index >= 15 is 0 Å². The monoisotopic (exact) mass is 238 g/mol. The first-order valence-corrected chi connectivity index (χ1v) is 8.05. The van der Waals surface area contributed by atoms with Gasteiger partial charge in [0.25, 0.3) is 0 Å². The summed E-state index contributed by atoms with van der Waals surface area (Å²) in [6, 6.07) is 0.256. The molecule has 1 atom stereocenters. The summed E-state index contributed by atoms with van der Waals surface area (Å²) in [5, 5.41) is 0. The summed E-state index contributed by atoms with van der Waals surface area (Å²) in [7, 11) is 0. The molecule has 0 aromatic heterocycles. The SMILES string of the molecule is CCCCCCCCCC([NH])C1CCCCC1. The molecule has 0 bridgehead atoms. The number of unbranched alkanes of at least 4 members (excludes halogenated alkanes) is 6. The molecular weight excluding hydrogens is 206 g/mol. The van der Waals surface area contributed by atoms with Gasteiger partial charge in [-0.15, -0.1) is 0 Å². The minimum atomic E-state index is 0.256. The van der Waals surface area contributed by atoms with E-state index in [1.807, 2.05) is 0 Å². The van der Waals surface area contributed by atoms with E-state index in [-0.39, 0.29) is 6.04 Å². The fraction of sp³-hybridized carbons (Fsp3) is 1.00. The zero-order chi connectivity index (χ0) is 12.3. The van der Waals surface area contributed by atoms with Gasteiger partial charge in [0.1, 0.15) is 0 Å². The standard InChI is InChI=1S/C16H32N/c1-2-3-4-5-6-7-11-14-16(17)15-12-9-8-10-13-15/h15-17H,2-14H2,1H3. The second kappa shape index (κ2) is 9.94. The minimum Gasteiger partial charge on any atom is -0.254 e. The van der Waals surface area contributed by atoms with Crippen LogP contribution in [0.25, 0.3) is 0 Å². The molecule has 1 heteroatoms. The van der Waals surface area contributed by atoms with E-state index < -0.39 is 0 Å². The Labute approximate surface area is 109 Å². The Hall–Kier alpha value is -0.0400. The molecule has 0 saturated heterocycles. The van der Waals surface area contributed by atoms with Crippen molar-refractivity contribution < 1.29 is 0 Å². The second-order valence-electron chi connectivity index (χ2n) is 5.91. The van der Waals surface area contributed by atoms with Gasteiger partial charge >= 0.3 is 0 Å². The highest BCUT2D eigenvalue weighted by Gasteiger charge is 2.20. The van der Waals surface area contributed by atoms with Crippen LogP contribution >= 0.6 is 0 Å². The Bertz CT molecular complexity index is 161. The molecule has 101 valence electrons. The Morgan fingerprint density at radius 3 is 2.12 bits per heavy atom. The maximum atomic E-state index is 8.21. The maximum Gasteiger partial charge on any atom is 0.0241 e. The van der Waals surface area contributed by atoms with Gasteiger partial charge in [0.2, 0.25) is 0 Å². The summed E-state index contributed by atoms with van der Waals surface area (Å²) >= 11 is 0. The van der Waals surface area contributed by atoms with E-state index in [0.29, 0.717) is 0 Å². The van der Waals surface area contributed by atoms with Gasteiger partial charge in [-0.2, -0.15) is 0 Å². The van der Waals surface area contributed by atoms with Crippen LogP contribution in [0.3, 0.4) is 0 Å². The van der Waals surface area contributed by atoms with E-state index in [9.17, 15) is 0 Å². The fourth-order valence-electron chi connectivity index (χ4n) is 3.09. The Morgan fingerprint density at radius 1 is 0.882 bits per heavy atom. The van der Waals surface area contributed by atoms with Crippen molar-refractivity contribution in [2.45, 2.75) is 96.4 Å². The van der Waals surface area contributed by atoms with Gasteiger partial charge in [-0.25, -0.2) is 0 Å². The van der Waals surface area contributed by atoms with E-state index in [1.54, 1.807) is 0 Å². The van der Waals surface area contributed by atoms with Crippen molar-refractivity contribution in [3.8, 4) is 0 Å². The number of rotatable bonds is 9. The van der Waals surface area contributed by atoms with Crippen LogP contribution in [0.4, 0.5) is 0 Å². The van der Waals surface area contributed by atoms with E-state index in [0.717, 1.165) is 5.92 Å². The second-order valence-corrected chi connectivity index (χ2v) is 5.91. The third-order valence-corrected chi connectivity index (χ3v) is 4.34. The van der Waals surface area contributed by atoms with Gasteiger partial charge in [-0.05, 0) is 25.2 Å². The van der Waals surface area contributed by atoms with Gasteiger partial charge in [0, 0.05) is 6.04 Å². The Kier molecular flexibility index (Phi) is 8.78. The molecule has 1 N–H and O–H groups in total. The van der Waals surface area contributed by atoms with Crippen molar-refractivity contribution in [2.24, 2.45) is 5.92 Å². The molecule has 0 spiro atoms. The molecule has 1 radical (unpaired) electrons. The third kappa shape index (κ3) is 7.08. The lowest BCUT2D eigenvalue weighted by Crippen LogP contribution is -2.24. The predicted molar refractivity (Wildman–Crippen MR) is 76.1 cm³/mol. The maximum absolute atomic E-state index is 8.21. The lowest BCUT2D eigenvalue weighted by Gasteiger charge is -2.26. The van der Waals surface area contributed by atoms with Crippen molar-refractivity contribution >= 4 is 0 Å². The van der Waals surface area contributed by atoms with Crippen LogP contribution in [0.2, 0.25) is 0 Å². The van der Waals surface area contributed by atoms with Gasteiger partial charge < -0.3 is 0 Å². The fourth-order valence-corrected chi connectivity index (χ4v) is 3.09. The Morgan fingerprint density at radius 2 is 1.47 bits per heavy atom. The van der Waals surface area contributed by atoms with Crippen LogP contribution in [0.5, 0.6) is 0 Å². The first-order valence-electron chi connectivity index (χ1n) is 8.05. The van der Waals surface area contributed by atoms with E-state index in [1.165, 1.54) is 83.5 Å². The molecule has 1 saturated carbocycles. The molecule has 17 heavy (non-hydrogen) atoms. The largest absolute Gasteiger partial charge is 0.254 e. The quantitative estimate of drug-likeness (QED) is 0.483.